The molecule has 0 saturated heterocycles. The van der Waals surface area contributed by atoms with Crippen LogP contribution in [0.1, 0.15) is 24.2 Å². The first-order chi connectivity index (χ1) is 9.99. The number of hydrogen-bond donors (Lipinski definition) is 1. The molecule has 8 heteroatoms. The number of benzene rings is 1. The first-order valence-electron chi connectivity index (χ1n) is 6.35. The standard InChI is InChI=1S/C13H15N5O3/c1-9(2)17(7-12(19)20)13(21)10-4-3-5-11(6-10)18-8-14-15-16-18/h3-6,8-9H,7H2,1-2H3,(H,19,20). The molecule has 1 aromatic carbocycles. The summed E-state index contributed by atoms with van der Waals surface area (Å²) >= 11 is 0. The van der Waals surface area contributed by atoms with Gasteiger partial charge in [0.25, 0.3) is 5.91 Å². The van der Waals surface area contributed by atoms with Gasteiger partial charge < -0.3 is 10.0 Å². The molecule has 2 aromatic rings. The van der Waals surface area contributed by atoms with Crippen LogP contribution in [0.15, 0.2) is 30.6 Å². The third-order valence-electron chi connectivity index (χ3n) is 2.90. The molecule has 0 aliphatic rings. The van der Waals surface area contributed by atoms with Crippen molar-refractivity contribution in [2.75, 3.05) is 6.54 Å². The van der Waals surface area contributed by atoms with Crippen LogP contribution in [0.25, 0.3) is 5.69 Å². The summed E-state index contributed by atoms with van der Waals surface area (Å²) in [5.41, 5.74) is 1.02. The lowest BCUT2D eigenvalue weighted by Gasteiger charge is -2.25. The predicted molar refractivity (Wildman–Crippen MR) is 73.0 cm³/mol. The molecule has 0 aliphatic carbocycles. The van der Waals surface area contributed by atoms with Crippen molar-refractivity contribution in [3.05, 3.63) is 36.2 Å². The minimum absolute atomic E-state index is 0.217. The van der Waals surface area contributed by atoms with Crippen molar-refractivity contribution in [2.45, 2.75) is 19.9 Å². The minimum atomic E-state index is -1.05. The summed E-state index contributed by atoms with van der Waals surface area (Å²) in [6.45, 7) is 3.20. The number of rotatable bonds is 5. The smallest absolute Gasteiger partial charge is 0.323 e. The van der Waals surface area contributed by atoms with Crippen LogP contribution in [0.4, 0.5) is 0 Å². The minimum Gasteiger partial charge on any atom is -0.480 e. The highest BCUT2D eigenvalue weighted by Gasteiger charge is 2.21. The van der Waals surface area contributed by atoms with Crippen molar-refractivity contribution < 1.29 is 14.7 Å². The lowest BCUT2D eigenvalue weighted by Crippen LogP contribution is -2.40. The summed E-state index contributed by atoms with van der Waals surface area (Å²) in [6.07, 6.45) is 1.42. The van der Waals surface area contributed by atoms with Crippen LogP contribution in [-0.2, 0) is 4.79 Å². The van der Waals surface area contributed by atoms with E-state index in [1.807, 2.05) is 0 Å². The Morgan fingerprint density at radius 1 is 1.38 bits per heavy atom. The monoisotopic (exact) mass is 289 g/mol. The van der Waals surface area contributed by atoms with Crippen LogP contribution in [0.3, 0.4) is 0 Å². The van der Waals surface area contributed by atoms with Crippen LogP contribution in [0.2, 0.25) is 0 Å². The largest absolute Gasteiger partial charge is 0.480 e. The summed E-state index contributed by atoms with van der Waals surface area (Å²) in [6, 6.07) is 6.49. The lowest BCUT2D eigenvalue weighted by atomic mass is 10.1. The molecule has 0 fully saturated rings. The number of amides is 1. The Balaban J connectivity index is 2.30. The van der Waals surface area contributed by atoms with E-state index in [1.165, 1.54) is 15.9 Å². The van der Waals surface area contributed by atoms with Gasteiger partial charge in [0.05, 0.1) is 5.69 Å². The zero-order valence-corrected chi connectivity index (χ0v) is 11.7. The third-order valence-corrected chi connectivity index (χ3v) is 2.90. The van der Waals surface area contributed by atoms with Gasteiger partial charge >= 0.3 is 5.97 Å². The Labute approximate surface area is 121 Å². The number of carbonyl (C=O) groups is 2. The second-order valence-electron chi connectivity index (χ2n) is 4.73. The van der Waals surface area contributed by atoms with E-state index < -0.39 is 5.97 Å². The topological polar surface area (TPSA) is 101 Å². The van der Waals surface area contributed by atoms with E-state index in [1.54, 1.807) is 38.1 Å². The quantitative estimate of drug-likeness (QED) is 0.864. The number of carbonyl (C=O) groups excluding carboxylic acids is 1. The Morgan fingerprint density at radius 2 is 2.14 bits per heavy atom. The average molecular weight is 289 g/mol. The Bertz CT molecular complexity index is 639. The lowest BCUT2D eigenvalue weighted by molar-refractivity contribution is -0.138. The van der Waals surface area contributed by atoms with Crippen molar-refractivity contribution >= 4 is 11.9 Å². The second kappa shape index (κ2) is 6.12. The van der Waals surface area contributed by atoms with Gasteiger partial charge in [0.1, 0.15) is 12.9 Å². The molecule has 0 saturated carbocycles. The first-order valence-corrected chi connectivity index (χ1v) is 6.35. The van der Waals surface area contributed by atoms with Gasteiger partial charge in [-0.2, -0.15) is 0 Å². The van der Waals surface area contributed by atoms with Gasteiger partial charge in [0.15, 0.2) is 0 Å². The van der Waals surface area contributed by atoms with E-state index in [0.717, 1.165) is 0 Å². The summed E-state index contributed by atoms with van der Waals surface area (Å²) in [5.74, 6) is -1.39. The normalized spacial score (nSPS) is 10.6. The molecular formula is C13H15N5O3. The van der Waals surface area contributed by atoms with Crippen LogP contribution in [0.5, 0.6) is 0 Å². The molecule has 21 heavy (non-hydrogen) atoms. The maximum absolute atomic E-state index is 12.4. The van der Waals surface area contributed by atoms with E-state index >= 15 is 0 Å². The van der Waals surface area contributed by atoms with E-state index in [4.69, 9.17) is 5.11 Å². The Kier molecular flexibility index (Phi) is 4.27. The zero-order chi connectivity index (χ0) is 15.4. The molecule has 1 aromatic heterocycles. The highest BCUT2D eigenvalue weighted by atomic mass is 16.4. The fraction of sp³-hybridized carbons (Fsp3) is 0.308. The fourth-order valence-corrected chi connectivity index (χ4v) is 1.86. The van der Waals surface area contributed by atoms with Gasteiger partial charge in [-0.3, -0.25) is 9.59 Å². The molecular weight excluding hydrogens is 274 g/mol. The van der Waals surface area contributed by atoms with Gasteiger partial charge in [-0.05, 0) is 42.5 Å². The van der Waals surface area contributed by atoms with Gasteiger partial charge in [-0.25, -0.2) is 4.68 Å². The molecule has 0 spiro atoms. The van der Waals surface area contributed by atoms with Crippen LogP contribution < -0.4 is 0 Å². The zero-order valence-electron chi connectivity index (χ0n) is 11.7. The SMILES string of the molecule is CC(C)N(CC(=O)O)C(=O)c1cccc(-n2cnnn2)c1. The molecule has 0 bridgehead atoms. The number of aliphatic carboxylic acids is 1. The first kappa shape index (κ1) is 14.6. The molecule has 110 valence electrons. The molecule has 2 rings (SSSR count). The number of tetrazole rings is 1. The Hall–Kier alpha value is -2.77. The molecule has 0 atom stereocenters. The number of nitrogens with zero attached hydrogens (tertiary/aromatic N) is 5. The second-order valence-corrected chi connectivity index (χ2v) is 4.73. The van der Waals surface area contributed by atoms with Crippen LogP contribution in [-0.4, -0.2) is 54.7 Å². The Morgan fingerprint density at radius 3 is 2.71 bits per heavy atom. The summed E-state index contributed by atoms with van der Waals surface area (Å²) < 4.78 is 1.42. The van der Waals surface area contributed by atoms with Gasteiger partial charge in [-0.1, -0.05) is 6.07 Å². The highest BCUT2D eigenvalue weighted by molar-refractivity contribution is 5.96. The van der Waals surface area contributed by atoms with Crippen molar-refractivity contribution in [3.63, 3.8) is 0 Å². The summed E-state index contributed by atoms with van der Waals surface area (Å²) in [4.78, 5) is 24.6. The van der Waals surface area contributed by atoms with Gasteiger partial charge in [-0.15, -0.1) is 5.10 Å². The summed E-state index contributed by atoms with van der Waals surface area (Å²) in [5, 5.41) is 19.7. The van der Waals surface area contributed by atoms with Crippen molar-refractivity contribution in [1.82, 2.24) is 25.1 Å². The maximum atomic E-state index is 12.4. The molecule has 1 amide bonds. The molecule has 1 N–H and O–H groups in total. The van der Waals surface area contributed by atoms with Crippen LogP contribution >= 0.6 is 0 Å². The molecule has 0 aliphatic heterocycles. The molecule has 0 radical (unpaired) electrons. The van der Waals surface area contributed by atoms with Crippen molar-refractivity contribution in [1.29, 1.82) is 0 Å². The third kappa shape index (κ3) is 3.41. The van der Waals surface area contributed by atoms with Crippen molar-refractivity contribution in [3.8, 4) is 5.69 Å². The van der Waals surface area contributed by atoms with Gasteiger partial charge in [0, 0.05) is 11.6 Å². The van der Waals surface area contributed by atoms with E-state index in [0.29, 0.717) is 11.3 Å². The maximum Gasteiger partial charge on any atom is 0.323 e. The number of carboxylic acid groups (broad SMARTS) is 1. The number of hydrogen-bond acceptors (Lipinski definition) is 5. The fourth-order valence-electron chi connectivity index (χ4n) is 1.86. The van der Waals surface area contributed by atoms with E-state index in [9.17, 15) is 9.59 Å². The predicted octanol–water partition coefficient (Wildman–Crippen LogP) is 0.597. The van der Waals surface area contributed by atoms with E-state index in [-0.39, 0.29) is 18.5 Å². The highest BCUT2D eigenvalue weighted by Crippen LogP contribution is 2.13. The summed E-state index contributed by atoms with van der Waals surface area (Å²) in [7, 11) is 0. The van der Waals surface area contributed by atoms with Crippen LogP contribution in [0, 0.1) is 0 Å². The molecule has 0 unspecified atom stereocenters. The van der Waals surface area contributed by atoms with Gasteiger partial charge in [0.2, 0.25) is 0 Å². The van der Waals surface area contributed by atoms with E-state index in [2.05, 4.69) is 15.5 Å². The number of aromatic nitrogens is 4. The van der Waals surface area contributed by atoms with Crippen molar-refractivity contribution in [2.24, 2.45) is 0 Å². The average Bonchev–Trinajstić information content (AvgIpc) is 2.98. The molecule has 1 heterocycles. The molecule has 8 nitrogen and oxygen atoms in total. The number of carboxylic acids is 1.